The third-order valence-electron chi connectivity index (χ3n) is 1.42. The van der Waals surface area contributed by atoms with Crippen molar-refractivity contribution in [2.45, 2.75) is 20.0 Å². The summed E-state index contributed by atoms with van der Waals surface area (Å²) in [6.07, 6.45) is 0.143. The van der Waals surface area contributed by atoms with Crippen molar-refractivity contribution in [2.24, 2.45) is 0 Å². The summed E-state index contributed by atoms with van der Waals surface area (Å²) in [6.45, 7) is 3.93. The van der Waals surface area contributed by atoms with Crippen molar-refractivity contribution in [1.29, 1.82) is 5.26 Å². The Morgan fingerprint density at radius 1 is 1.46 bits per heavy atom. The molecule has 1 rings (SSSR count). The van der Waals surface area contributed by atoms with Gasteiger partial charge in [0.05, 0.1) is 22.2 Å². The van der Waals surface area contributed by atoms with Crippen LogP contribution in [0.15, 0.2) is 22.7 Å². The molecule has 0 radical (unpaired) electrons. The maximum Gasteiger partial charge on any atom is 0.133 e. The molecule has 1 aromatic rings. The molecule has 0 saturated carbocycles. The second-order valence-corrected chi connectivity index (χ2v) is 3.78. The number of hydrogen-bond acceptors (Lipinski definition) is 2. The molecule has 0 aliphatic heterocycles. The Kier molecular flexibility index (Phi) is 3.32. The molecule has 0 fully saturated rings. The first-order valence-corrected chi connectivity index (χ1v) is 4.79. The van der Waals surface area contributed by atoms with E-state index < -0.39 is 0 Å². The molecule has 2 nitrogen and oxygen atoms in total. The molecule has 0 aromatic heterocycles. The summed E-state index contributed by atoms with van der Waals surface area (Å²) in [5.74, 6) is 0.772. The molecule has 0 atom stereocenters. The van der Waals surface area contributed by atoms with Crippen molar-refractivity contribution < 1.29 is 4.74 Å². The van der Waals surface area contributed by atoms with Crippen LogP contribution in [0.3, 0.4) is 0 Å². The van der Waals surface area contributed by atoms with Crippen molar-refractivity contribution >= 4 is 15.9 Å². The molecule has 0 spiro atoms. The zero-order valence-electron chi connectivity index (χ0n) is 7.54. The van der Waals surface area contributed by atoms with Crippen LogP contribution < -0.4 is 4.74 Å². The van der Waals surface area contributed by atoms with Gasteiger partial charge in [0.15, 0.2) is 0 Å². The minimum atomic E-state index is 0.143. The van der Waals surface area contributed by atoms with Gasteiger partial charge in [0.2, 0.25) is 0 Å². The highest BCUT2D eigenvalue weighted by molar-refractivity contribution is 9.10. The number of rotatable bonds is 2. The Labute approximate surface area is 86.3 Å². The van der Waals surface area contributed by atoms with E-state index in [1.807, 2.05) is 13.8 Å². The zero-order valence-corrected chi connectivity index (χ0v) is 9.13. The van der Waals surface area contributed by atoms with Gasteiger partial charge in [-0.15, -0.1) is 0 Å². The lowest BCUT2D eigenvalue weighted by Crippen LogP contribution is -2.05. The zero-order chi connectivity index (χ0) is 9.84. The molecule has 0 bridgehead atoms. The van der Waals surface area contributed by atoms with E-state index in [-0.39, 0.29) is 6.10 Å². The monoisotopic (exact) mass is 239 g/mol. The van der Waals surface area contributed by atoms with E-state index in [0.29, 0.717) is 5.56 Å². The summed E-state index contributed by atoms with van der Waals surface area (Å²) in [5.41, 5.74) is 0.628. The van der Waals surface area contributed by atoms with E-state index in [1.54, 1.807) is 18.2 Å². The minimum Gasteiger partial charge on any atom is -0.490 e. The molecule has 3 heteroatoms. The van der Waals surface area contributed by atoms with Crippen LogP contribution in [0.2, 0.25) is 0 Å². The van der Waals surface area contributed by atoms with E-state index in [1.165, 1.54) is 0 Å². The van der Waals surface area contributed by atoms with Crippen LogP contribution in [0.1, 0.15) is 19.4 Å². The average molecular weight is 240 g/mol. The highest BCUT2D eigenvalue weighted by Gasteiger charge is 2.03. The van der Waals surface area contributed by atoms with Gasteiger partial charge < -0.3 is 4.74 Å². The molecule has 0 N–H and O–H groups in total. The molecule has 0 heterocycles. The summed E-state index contributed by atoms with van der Waals surface area (Å²) >= 11 is 3.34. The predicted octanol–water partition coefficient (Wildman–Crippen LogP) is 3.11. The van der Waals surface area contributed by atoms with Gasteiger partial charge in [0.25, 0.3) is 0 Å². The molecule has 13 heavy (non-hydrogen) atoms. The number of nitriles is 1. The summed E-state index contributed by atoms with van der Waals surface area (Å²) in [7, 11) is 0. The standard InChI is InChI=1S/C10H10BrNO/c1-7(2)13-10-4-3-8(6-12)5-9(10)11/h3-5,7H,1-2H3. The number of nitrogens with zero attached hydrogens (tertiary/aromatic N) is 1. The maximum atomic E-state index is 8.62. The number of halogens is 1. The van der Waals surface area contributed by atoms with Crippen molar-refractivity contribution in [2.75, 3.05) is 0 Å². The van der Waals surface area contributed by atoms with Gasteiger partial charge >= 0.3 is 0 Å². The van der Waals surface area contributed by atoms with E-state index in [2.05, 4.69) is 22.0 Å². The Morgan fingerprint density at radius 3 is 2.62 bits per heavy atom. The third kappa shape index (κ3) is 2.74. The van der Waals surface area contributed by atoms with E-state index >= 15 is 0 Å². The maximum absolute atomic E-state index is 8.62. The smallest absolute Gasteiger partial charge is 0.133 e. The topological polar surface area (TPSA) is 33.0 Å². The lowest BCUT2D eigenvalue weighted by atomic mass is 10.2. The van der Waals surface area contributed by atoms with Gasteiger partial charge in [-0.3, -0.25) is 0 Å². The van der Waals surface area contributed by atoms with Crippen LogP contribution in [-0.2, 0) is 0 Å². The molecule has 1 aromatic carbocycles. The Morgan fingerprint density at radius 2 is 2.15 bits per heavy atom. The van der Waals surface area contributed by atoms with Gasteiger partial charge in [-0.2, -0.15) is 5.26 Å². The van der Waals surface area contributed by atoms with E-state index in [0.717, 1.165) is 10.2 Å². The van der Waals surface area contributed by atoms with Crippen LogP contribution in [0, 0.1) is 11.3 Å². The van der Waals surface area contributed by atoms with Crippen LogP contribution in [0.4, 0.5) is 0 Å². The van der Waals surface area contributed by atoms with Gasteiger partial charge in [0.1, 0.15) is 5.75 Å². The highest BCUT2D eigenvalue weighted by atomic mass is 79.9. The van der Waals surface area contributed by atoms with Gasteiger partial charge in [-0.05, 0) is 48.0 Å². The van der Waals surface area contributed by atoms with Crippen molar-refractivity contribution in [3.05, 3.63) is 28.2 Å². The third-order valence-corrected chi connectivity index (χ3v) is 2.04. The quantitative estimate of drug-likeness (QED) is 0.795. The van der Waals surface area contributed by atoms with Crippen molar-refractivity contribution in [3.8, 4) is 11.8 Å². The summed E-state index contributed by atoms with van der Waals surface area (Å²) in [5, 5.41) is 8.62. The van der Waals surface area contributed by atoms with Gasteiger partial charge in [-0.25, -0.2) is 0 Å². The van der Waals surface area contributed by atoms with Gasteiger partial charge in [0, 0.05) is 0 Å². The average Bonchev–Trinajstić information content (AvgIpc) is 2.08. The molecular weight excluding hydrogens is 230 g/mol. The summed E-state index contributed by atoms with van der Waals surface area (Å²) in [6, 6.07) is 7.34. The van der Waals surface area contributed by atoms with Crippen LogP contribution in [0.5, 0.6) is 5.75 Å². The molecule has 68 valence electrons. The lowest BCUT2D eigenvalue weighted by Gasteiger charge is -2.10. The normalized spacial score (nSPS) is 9.77. The molecular formula is C10H10BrNO. The van der Waals surface area contributed by atoms with Crippen molar-refractivity contribution in [3.63, 3.8) is 0 Å². The number of benzene rings is 1. The minimum absolute atomic E-state index is 0.143. The summed E-state index contributed by atoms with van der Waals surface area (Å²) in [4.78, 5) is 0. The second-order valence-electron chi connectivity index (χ2n) is 2.92. The molecule has 0 unspecified atom stereocenters. The predicted molar refractivity (Wildman–Crippen MR) is 54.6 cm³/mol. The summed E-state index contributed by atoms with van der Waals surface area (Å²) < 4.78 is 6.31. The first-order valence-electron chi connectivity index (χ1n) is 4.00. The lowest BCUT2D eigenvalue weighted by molar-refractivity contribution is 0.241. The first kappa shape index (κ1) is 10.1. The van der Waals surface area contributed by atoms with Crippen LogP contribution >= 0.6 is 15.9 Å². The number of hydrogen-bond donors (Lipinski definition) is 0. The highest BCUT2D eigenvalue weighted by Crippen LogP contribution is 2.26. The number of ether oxygens (including phenoxy) is 1. The molecule has 0 aliphatic carbocycles. The van der Waals surface area contributed by atoms with E-state index in [9.17, 15) is 0 Å². The second kappa shape index (κ2) is 4.29. The molecule has 0 aliphatic rings. The fourth-order valence-corrected chi connectivity index (χ4v) is 1.39. The van der Waals surface area contributed by atoms with Crippen LogP contribution in [0.25, 0.3) is 0 Å². The molecule has 0 saturated heterocycles. The van der Waals surface area contributed by atoms with Crippen molar-refractivity contribution in [1.82, 2.24) is 0 Å². The Bertz CT molecular complexity index is 341. The largest absolute Gasteiger partial charge is 0.490 e. The fraction of sp³-hybridized carbons (Fsp3) is 0.300. The van der Waals surface area contributed by atoms with Gasteiger partial charge in [-0.1, -0.05) is 0 Å². The first-order chi connectivity index (χ1) is 6.13. The fourth-order valence-electron chi connectivity index (χ4n) is 0.920. The SMILES string of the molecule is CC(C)Oc1ccc(C#N)cc1Br. The van der Waals surface area contributed by atoms with E-state index in [4.69, 9.17) is 10.00 Å². The van der Waals surface area contributed by atoms with Crippen LogP contribution in [-0.4, -0.2) is 6.10 Å². The Balaban J connectivity index is 2.93. The molecule has 0 amide bonds. The Hall–Kier alpha value is -1.01.